The number of fused-ring (bicyclic) bond motifs is 1. The number of likely N-dealkylation sites (N-methyl/N-ethyl adjacent to an activating group) is 1. The fourth-order valence-corrected chi connectivity index (χ4v) is 3.04. The zero-order valence-corrected chi connectivity index (χ0v) is 16.0. The first kappa shape index (κ1) is 19.7. The summed E-state index contributed by atoms with van der Waals surface area (Å²) in [4.78, 5) is 53.6. The number of H-pyrrole nitrogens is 2. The number of hydrogen-bond acceptors (Lipinski definition) is 4. The Bertz CT molecular complexity index is 1180. The fraction of sp³-hybridized carbons (Fsp3) is 0.111. The van der Waals surface area contributed by atoms with Crippen molar-refractivity contribution in [2.75, 3.05) is 18.9 Å². The van der Waals surface area contributed by atoms with Crippen molar-refractivity contribution < 1.29 is 9.59 Å². The van der Waals surface area contributed by atoms with E-state index in [1.807, 2.05) is 0 Å². The highest BCUT2D eigenvalue weighted by Gasteiger charge is 2.17. The number of anilines is 1. The number of benzene rings is 2. The molecule has 0 saturated heterocycles. The van der Waals surface area contributed by atoms with Gasteiger partial charge in [-0.05, 0) is 30.3 Å². The number of carbonyl (C=O) groups excluding carboxylic acids is 2. The predicted molar refractivity (Wildman–Crippen MR) is 107 cm³/mol. The number of aromatic amines is 2. The molecule has 1 aromatic heterocycles. The number of para-hydroxylation sites is 1. The molecule has 0 unspecified atom stereocenters. The predicted octanol–water partition coefficient (Wildman–Crippen LogP) is 2.23. The summed E-state index contributed by atoms with van der Waals surface area (Å²) in [5, 5.41) is 3.13. The van der Waals surface area contributed by atoms with Crippen molar-refractivity contribution in [3.05, 3.63) is 72.7 Å². The van der Waals surface area contributed by atoms with Crippen molar-refractivity contribution in [1.29, 1.82) is 0 Å². The number of nitrogens with zero attached hydrogens (tertiary/aromatic N) is 1. The second-order valence-electron chi connectivity index (χ2n) is 5.97. The number of nitrogens with one attached hydrogen (secondary N) is 3. The maximum Gasteiger partial charge on any atom is 0.314 e. The van der Waals surface area contributed by atoms with Crippen molar-refractivity contribution in [1.82, 2.24) is 14.9 Å². The van der Waals surface area contributed by atoms with Crippen LogP contribution in [0.3, 0.4) is 0 Å². The third kappa shape index (κ3) is 4.08. The van der Waals surface area contributed by atoms with Gasteiger partial charge in [-0.25, -0.2) is 0 Å². The largest absolute Gasteiger partial charge is 0.332 e. The van der Waals surface area contributed by atoms with E-state index in [0.717, 1.165) is 0 Å². The van der Waals surface area contributed by atoms with Crippen molar-refractivity contribution in [3.63, 3.8) is 0 Å². The van der Waals surface area contributed by atoms with Crippen molar-refractivity contribution in [2.45, 2.75) is 0 Å². The Kier molecular flexibility index (Phi) is 5.53. The monoisotopic (exact) mass is 420 g/mol. The quantitative estimate of drug-likeness (QED) is 0.561. The van der Waals surface area contributed by atoms with Gasteiger partial charge in [0.05, 0.1) is 33.3 Å². The first-order chi connectivity index (χ1) is 13.3. The molecule has 28 heavy (non-hydrogen) atoms. The van der Waals surface area contributed by atoms with E-state index in [1.165, 1.54) is 30.1 Å². The van der Waals surface area contributed by atoms with E-state index in [0.29, 0.717) is 11.0 Å². The number of hydrogen-bond donors (Lipinski definition) is 3. The van der Waals surface area contributed by atoms with Crippen LogP contribution in [0.1, 0.15) is 10.4 Å². The van der Waals surface area contributed by atoms with Crippen molar-refractivity contribution in [3.8, 4) is 0 Å². The highest BCUT2D eigenvalue weighted by atomic mass is 35.5. The molecule has 10 heteroatoms. The zero-order chi connectivity index (χ0) is 20.4. The minimum absolute atomic E-state index is 0.237. The standard InChI is InChI=1S/C18H14Cl2N4O4/c1-24(8-14(25)23-15-10(19)3-2-4-11(15)20)18(28)9-5-6-12-13(7-9)22-17(27)16(26)21-12/h2-7H,8H2,1H3,(H,21,26)(H,22,27)(H,23,25). The molecule has 2 amide bonds. The minimum Gasteiger partial charge on any atom is -0.332 e. The number of rotatable bonds is 4. The molecular weight excluding hydrogens is 407 g/mol. The van der Waals surface area contributed by atoms with E-state index in [9.17, 15) is 19.2 Å². The van der Waals surface area contributed by atoms with E-state index in [4.69, 9.17) is 23.2 Å². The van der Waals surface area contributed by atoms with Crippen LogP contribution in [0.4, 0.5) is 5.69 Å². The number of aromatic nitrogens is 2. The summed E-state index contributed by atoms with van der Waals surface area (Å²) in [5.74, 6) is -0.932. The fourth-order valence-electron chi connectivity index (χ4n) is 2.55. The molecule has 0 aliphatic heterocycles. The number of amides is 2. The van der Waals surface area contributed by atoms with Gasteiger partial charge in [0.1, 0.15) is 0 Å². The molecule has 0 aliphatic rings. The van der Waals surface area contributed by atoms with E-state index in [1.54, 1.807) is 18.2 Å². The van der Waals surface area contributed by atoms with Gasteiger partial charge in [0.2, 0.25) is 5.91 Å². The molecule has 3 aromatic rings. The van der Waals surface area contributed by atoms with Crippen LogP contribution in [0.5, 0.6) is 0 Å². The summed E-state index contributed by atoms with van der Waals surface area (Å²) in [6.45, 7) is -0.249. The van der Waals surface area contributed by atoms with Crippen LogP contribution >= 0.6 is 23.2 Å². The summed E-state index contributed by atoms with van der Waals surface area (Å²) < 4.78 is 0. The Morgan fingerprint density at radius 3 is 2.25 bits per heavy atom. The molecule has 144 valence electrons. The summed E-state index contributed by atoms with van der Waals surface area (Å²) in [6.07, 6.45) is 0. The van der Waals surface area contributed by atoms with Gasteiger partial charge >= 0.3 is 11.1 Å². The molecule has 3 rings (SSSR count). The molecule has 0 fully saturated rings. The van der Waals surface area contributed by atoms with E-state index >= 15 is 0 Å². The van der Waals surface area contributed by atoms with Crippen molar-refractivity contribution >= 4 is 51.7 Å². The Hall–Kier alpha value is -3.10. The molecule has 2 aromatic carbocycles. The van der Waals surface area contributed by atoms with Gasteiger partial charge in [-0.3, -0.25) is 19.2 Å². The lowest BCUT2D eigenvalue weighted by Gasteiger charge is -2.17. The van der Waals surface area contributed by atoms with E-state index in [-0.39, 0.29) is 27.8 Å². The molecule has 1 heterocycles. The number of halogens is 2. The molecular formula is C18H14Cl2N4O4. The molecule has 3 N–H and O–H groups in total. The van der Waals surface area contributed by atoms with Gasteiger partial charge in [-0.15, -0.1) is 0 Å². The van der Waals surface area contributed by atoms with Gasteiger partial charge in [0, 0.05) is 12.6 Å². The van der Waals surface area contributed by atoms with Crippen molar-refractivity contribution in [2.24, 2.45) is 0 Å². The molecule has 0 radical (unpaired) electrons. The molecule has 0 spiro atoms. The Balaban J connectivity index is 1.76. The number of carbonyl (C=O) groups is 2. The SMILES string of the molecule is CN(CC(=O)Nc1c(Cl)cccc1Cl)C(=O)c1ccc2[nH]c(=O)c(=O)[nH]c2c1. The summed E-state index contributed by atoms with van der Waals surface area (Å²) >= 11 is 12.0. The van der Waals surface area contributed by atoms with Crippen LogP contribution in [-0.4, -0.2) is 40.3 Å². The van der Waals surface area contributed by atoms with Crippen LogP contribution in [0.2, 0.25) is 10.0 Å². The average molecular weight is 421 g/mol. The second kappa shape index (κ2) is 7.87. The van der Waals surface area contributed by atoms with E-state index < -0.39 is 22.9 Å². The molecule has 0 atom stereocenters. The van der Waals surface area contributed by atoms with Crippen LogP contribution in [-0.2, 0) is 4.79 Å². The first-order valence-electron chi connectivity index (χ1n) is 8.02. The highest BCUT2D eigenvalue weighted by molar-refractivity contribution is 6.39. The Morgan fingerprint density at radius 1 is 1.00 bits per heavy atom. The lowest BCUT2D eigenvalue weighted by molar-refractivity contribution is -0.116. The normalized spacial score (nSPS) is 10.7. The van der Waals surface area contributed by atoms with Gasteiger partial charge in [-0.1, -0.05) is 29.3 Å². The third-order valence-electron chi connectivity index (χ3n) is 3.92. The van der Waals surface area contributed by atoms with Crippen LogP contribution < -0.4 is 16.4 Å². The second-order valence-corrected chi connectivity index (χ2v) is 6.79. The highest BCUT2D eigenvalue weighted by Crippen LogP contribution is 2.29. The van der Waals surface area contributed by atoms with Gasteiger partial charge in [0.25, 0.3) is 5.91 Å². The van der Waals surface area contributed by atoms with Crippen LogP contribution in [0.25, 0.3) is 11.0 Å². The third-order valence-corrected chi connectivity index (χ3v) is 4.55. The maximum atomic E-state index is 12.6. The minimum atomic E-state index is -0.818. The van der Waals surface area contributed by atoms with Gasteiger partial charge in [-0.2, -0.15) is 0 Å². The maximum absolute atomic E-state index is 12.6. The molecule has 8 nitrogen and oxygen atoms in total. The van der Waals surface area contributed by atoms with Crippen LogP contribution in [0.15, 0.2) is 46.0 Å². The van der Waals surface area contributed by atoms with Crippen LogP contribution in [0, 0.1) is 0 Å². The molecule has 0 aliphatic carbocycles. The molecule has 0 bridgehead atoms. The average Bonchev–Trinajstić information content (AvgIpc) is 2.64. The summed E-state index contributed by atoms with van der Waals surface area (Å²) in [5.41, 5.74) is -0.406. The lowest BCUT2D eigenvalue weighted by Crippen LogP contribution is -2.35. The zero-order valence-electron chi connectivity index (χ0n) is 14.5. The van der Waals surface area contributed by atoms with E-state index in [2.05, 4.69) is 15.3 Å². The summed E-state index contributed by atoms with van der Waals surface area (Å²) in [6, 6.07) is 9.22. The molecule has 0 saturated carbocycles. The summed E-state index contributed by atoms with van der Waals surface area (Å²) in [7, 11) is 1.45. The topological polar surface area (TPSA) is 115 Å². The van der Waals surface area contributed by atoms with Gasteiger partial charge in [0.15, 0.2) is 0 Å². The first-order valence-corrected chi connectivity index (χ1v) is 8.77. The van der Waals surface area contributed by atoms with Gasteiger partial charge < -0.3 is 20.2 Å². The lowest BCUT2D eigenvalue weighted by atomic mass is 10.1. The Morgan fingerprint density at radius 2 is 1.61 bits per heavy atom. The Labute approximate surface area is 168 Å². The smallest absolute Gasteiger partial charge is 0.314 e.